The number of methoxy groups -OCH3 is 1. The van der Waals surface area contributed by atoms with Crippen molar-refractivity contribution in [2.45, 2.75) is 13.8 Å². The molecule has 0 atom stereocenters. The Morgan fingerprint density at radius 2 is 1.88 bits per heavy atom. The SMILES string of the molecule is COc1ccccc1NC(=O)CN1C(=O)N/C(=C/c2cc(C)n(-c3cccc(F)c3)c2C)C1=O. The van der Waals surface area contributed by atoms with Crippen LogP contribution < -0.4 is 15.4 Å². The molecule has 1 aliphatic heterocycles. The maximum Gasteiger partial charge on any atom is 0.329 e. The molecular formula is C25H23FN4O4. The van der Waals surface area contributed by atoms with Crippen LogP contribution in [0.3, 0.4) is 0 Å². The quantitative estimate of drug-likeness (QED) is 0.431. The zero-order chi connectivity index (χ0) is 24.4. The molecule has 0 bridgehead atoms. The van der Waals surface area contributed by atoms with Crippen LogP contribution in [0.25, 0.3) is 11.8 Å². The van der Waals surface area contributed by atoms with Gasteiger partial charge in [0.25, 0.3) is 5.91 Å². The van der Waals surface area contributed by atoms with Crippen LogP contribution in [0.4, 0.5) is 14.9 Å². The van der Waals surface area contributed by atoms with Gasteiger partial charge in [-0.25, -0.2) is 14.1 Å². The summed E-state index contributed by atoms with van der Waals surface area (Å²) in [6, 6.07) is 14.2. The molecule has 0 spiro atoms. The summed E-state index contributed by atoms with van der Waals surface area (Å²) in [5.74, 6) is -1.05. The number of rotatable bonds is 6. The minimum Gasteiger partial charge on any atom is -0.495 e. The van der Waals surface area contributed by atoms with Gasteiger partial charge in [0.15, 0.2) is 0 Å². The highest BCUT2D eigenvalue weighted by Gasteiger charge is 2.35. The molecule has 1 saturated heterocycles. The molecule has 1 aliphatic rings. The van der Waals surface area contributed by atoms with E-state index in [2.05, 4.69) is 10.6 Å². The summed E-state index contributed by atoms with van der Waals surface area (Å²) < 4.78 is 20.8. The van der Waals surface area contributed by atoms with E-state index in [-0.39, 0.29) is 11.5 Å². The fraction of sp³-hybridized carbons (Fsp3) is 0.160. The average Bonchev–Trinajstić information content (AvgIpc) is 3.23. The van der Waals surface area contributed by atoms with Crippen molar-refractivity contribution in [2.75, 3.05) is 19.0 Å². The Bertz CT molecular complexity index is 1330. The van der Waals surface area contributed by atoms with Crippen molar-refractivity contribution < 1.29 is 23.5 Å². The Balaban J connectivity index is 1.53. The lowest BCUT2D eigenvalue weighted by molar-refractivity contribution is -0.127. The number of ether oxygens (including phenoxy) is 1. The largest absolute Gasteiger partial charge is 0.495 e. The third-order valence-corrected chi connectivity index (χ3v) is 5.48. The van der Waals surface area contributed by atoms with Crippen LogP contribution in [-0.4, -0.2) is 41.0 Å². The van der Waals surface area contributed by atoms with E-state index in [1.54, 1.807) is 42.5 Å². The molecule has 1 aromatic heterocycles. The highest BCUT2D eigenvalue weighted by atomic mass is 19.1. The van der Waals surface area contributed by atoms with Gasteiger partial charge in [-0.3, -0.25) is 9.59 Å². The number of aromatic nitrogens is 1. The third-order valence-electron chi connectivity index (χ3n) is 5.48. The molecule has 2 heterocycles. The second kappa shape index (κ2) is 9.22. The molecular weight excluding hydrogens is 439 g/mol. The van der Waals surface area contributed by atoms with Gasteiger partial charge in [0.1, 0.15) is 23.8 Å². The molecule has 0 saturated carbocycles. The predicted molar refractivity (Wildman–Crippen MR) is 125 cm³/mol. The number of hydrogen-bond acceptors (Lipinski definition) is 4. The first kappa shape index (κ1) is 22.8. The van der Waals surface area contributed by atoms with Crippen LogP contribution in [-0.2, 0) is 9.59 Å². The highest BCUT2D eigenvalue weighted by Crippen LogP contribution is 2.25. The van der Waals surface area contributed by atoms with Crippen LogP contribution >= 0.6 is 0 Å². The van der Waals surface area contributed by atoms with Crippen molar-refractivity contribution in [1.29, 1.82) is 0 Å². The lowest BCUT2D eigenvalue weighted by Crippen LogP contribution is -2.38. The summed E-state index contributed by atoms with van der Waals surface area (Å²) in [4.78, 5) is 38.6. The number of halogens is 1. The Morgan fingerprint density at radius 1 is 1.12 bits per heavy atom. The van der Waals surface area contributed by atoms with Crippen LogP contribution in [0.2, 0.25) is 0 Å². The molecule has 1 fully saturated rings. The molecule has 2 aromatic carbocycles. The molecule has 0 radical (unpaired) electrons. The number of nitrogens with one attached hydrogen (secondary N) is 2. The predicted octanol–water partition coefficient (Wildman–Crippen LogP) is 3.77. The van der Waals surface area contributed by atoms with E-state index in [4.69, 9.17) is 4.74 Å². The number of benzene rings is 2. The summed E-state index contributed by atoms with van der Waals surface area (Å²) in [7, 11) is 1.48. The molecule has 0 aliphatic carbocycles. The fourth-order valence-corrected chi connectivity index (χ4v) is 3.90. The second-order valence-corrected chi connectivity index (χ2v) is 7.77. The van der Waals surface area contributed by atoms with E-state index >= 15 is 0 Å². The van der Waals surface area contributed by atoms with Gasteiger partial charge < -0.3 is 19.9 Å². The molecule has 174 valence electrons. The van der Waals surface area contributed by atoms with E-state index in [1.807, 2.05) is 24.5 Å². The zero-order valence-corrected chi connectivity index (χ0v) is 18.9. The van der Waals surface area contributed by atoms with Gasteiger partial charge in [0.2, 0.25) is 5.91 Å². The molecule has 4 amide bonds. The number of para-hydroxylation sites is 2. The monoisotopic (exact) mass is 462 g/mol. The van der Waals surface area contributed by atoms with Crippen molar-refractivity contribution in [3.8, 4) is 11.4 Å². The highest BCUT2D eigenvalue weighted by molar-refractivity contribution is 6.16. The van der Waals surface area contributed by atoms with Crippen LogP contribution in [0.5, 0.6) is 5.75 Å². The average molecular weight is 462 g/mol. The minimum atomic E-state index is -0.689. The van der Waals surface area contributed by atoms with Crippen molar-refractivity contribution in [3.63, 3.8) is 0 Å². The molecule has 34 heavy (non-hydrogen) atoms. The number of carbonyl (C=O) groups excluding carboxylic acids is 3. The van der Waals surface area contributed by atoms with E-state index in [0.29, 0.717) is 22.7 Å². The fourth-order valence-electron chi connectivity index (χ4n) is 3.90. The van der Waals surface area contributed by atoms with Gasteiger partial charge in [0.05, 0.1) is 12.8 Å². The number of hydrogen-bond donors (Lipinski definition) is 2. The maximum atomic E-state index is 13.7. The third kappa shape index (κ3) is 4.40. The number of anilines is 1. The number of imide groups is 1. The Labute approximate surface area is 195 Å². The van der Waals surface area contributed by atoms with Crippen LogP contribution in [0.1, 0.15) is 17.0 Å². The van der Waals surface area contributed by atoms with Crippen LogP contribution in [0, 0.1) is 19.7 Å². The Hall–Kier alpha value is -4.40. The number of nitrogens with zero attached hydrogens (tertiary/aromatic N) is 2. The number of urea groups is 1. The molecule has 3 aromatic rings. The Kier molecular flexibility index (Phi) is 6.18. The van der Waals surface area contributed by atoms with Crippen molar-refractivity contribution in [2.24, 2.45) is 0 Å². The number of carbonyl (C=O) groups is 3. The summed E-state index contributed by atoms with van der Waals surface area (Å²) in [6.07, 6.45) is 1.55. The van der Waals surface area contributed by atoms with Crippen molar-refractivity contribution in [3.05, 3.63) is 83.1 Å². The van der Waals surface area contributed by atoms with Crippen molar-refractivity contribution >= 4 is 29.6 Å². The van der Waals surface area contributed by atoms with Gasteiger partial charge in [-0.2, -0.15) is 0 Å². The normalized spacial score (nSPS) is 14.5. The molecule has 9 heteroatoms. The van der Waals surface area contributed by atoms with E-state index < -0.39 is 24.4 Å². The van der Waals surface area contributed by atoms with Gasteiger partial charge in [0, 0.05) is 17.1 Å². The molecule has 0 unspecified atom stereocenters. The lowest BCUT2D eigenvalue weighted by atomic mass is 10.2. The molecule has 2 N–H and O–H groups in total. The maximum absolute atomic E-state index is 13.7. The standard InChI is InChI=1S/C25H23FN4O4/c1-15-11-17(16(2)30(15)19-8-6-7-18(26)13-19)12-21-24(32)29(25(33)28-21)14-23(31)27-20-9-4-5-10-22(20)34-3/h4-13H,14H2,1-3H3,(H,27,31)(H,28,33)/b21-12+. The van der Waals surface area contributed by atoms with Gasteiger partial charge in [-0.1, -0.05) is 18.2 Å². The summed E-state index contributed by atoms with van der Waals surface area (Å²) >= 11 is 0. The summed E-state index contributed by atoms with van der Waals surface area (Å²) in [5, 5.41) is 5.17. The minimum absolute atomic E-state index is 0.0505. The second-order valence-electron chi connectivity index (χ2n) is 7.77. The zero-order valence-electron chi connectivity index (χ0n) is 18.9. The van der Waals surface area contributed by atoms with Crippen LogP contribution in [0.15, 0.2) is 60.3 Å². The Morgan fingerprint density at radius 3 is 2.62 bits per heavy atom. The van der Waals surface area contributed by atoms with E-state index in [9.17, 15) is 18.8 Å². The lowest BCUT2D eigenvalue weighted by Gasteiger charge is -2.13. The van der Waals surface area contributed by atoms with Crippen molar-refractivity contribution in [1.82, 2.24) is 14.8 Å². The first-order valence-corrected chi connectivity index (χ1v) is 10.5. The first-order valence-electron chi connectivity index (χ1n) is 10.5. The number of amides is 4. The van der Waals surface area contributed by atoms with Gasteiger partial charge in [-0.15, -0.1) is 0 Å². The first-order chi connectivity index (χ1) is 16.3. The molecule has 4 rings (SSSR count). The number of aryl methyl sites for hydroxylation is 1. The topological polar surface area (TPSA) is 92.7 Å². The van der Waals surface area contributed by atoms with E-state index in [1.165, 1.54) is 19.2 Å². The molecule has 8 nitrogen and oxygen atoms in total. The van der Waals surface area contributed by atoms with Gasteiger partial charge >= 0.3 is 6.03 Å². The van der Waals surface area contributed by atoms with E-state index in [0.717, 1.165) is 16.3 Å². The summed E-state index contributed by atoms with van der Waals surface area (Å²) in [5.41, 5.74) is 3.42. The van der Waals surface area contributed by atoms with Gasteiger partial charge in [-0.05, 0) is 61.9 Å². The smallest absolute Gasteiger partial charge is 0.329 e. The summed E-state index contributed by atoms with van der Waals surface area (Å²) in [6.45, 7) is 3.25.